The number of likely N-dealkylation sites (N-methyl/N-ethyl adjacent to an activating group) is 1. The molecule has 20 heavy (non-hydrogen) atoms. The van der Waals surface area contributed by atoms with E-state index in [0.717, 1.165) is 19.4 Å². The van der Waals surface area contributed by atoms with E-state index in [4.69, 9.17) is 4.74 Å². The van der Waals surface area contributed by atoms with E-state index in [1.165, 1.54) is 0 Å². The Morgan fingerprint density at radius 3 is 2.50 bits per heavy atom. The highest BCUT2D eigenvalue weighted by atomic mass is 16.5. The number of hydrogen-bond acceptors (Lipinski definition) is 3. The number of nitrogens with one attached hydrogen (secondary N) is 1. The normalized spacial score (nSPS) is 18.9. The zero-order chi connectivity index (χ0) is 15.2. The summed E-state index contributed by atoms with van der Waals surface area (Å²) in [5.74, 6) is -0.857. The number of rotatable bonds is 7. The number of ether oxygens (including phenoxy) is 1. The van der Waals surface area contributed by atoms with Crippen LogP contribution >= 0.6 is 0 Å². The number of carboxylic acid groups (broad SMARTS) is 1. The molecule has 1 saturated heterocycles. The molecule has 0 radical (unpaired) electrons. The molecule has 1 fully saturated rings. The zero-order valence-electron chi connectivity index (χ0n) is 12.6. The van der Waals surface area contributed by atoms with Crippen molar-refractivity contribution in [3.8, 4) is 0 Å². The average Bonchev–Trinajstić information content (AvgIpc) is 2.92. The van der Waals surface area contributed by atoms with Crippen LogP contribution in [0.1, 0.15) is 39.5 Å². The van der Waals surface area contributed by atoms with Crippen molar-refractivity contribution in [2.75, 3.05) is 26.7 Å². The Labute approximate surface area is 120 Å². The number of hydrogen-bond donors (Lipinski definition) is 2. The third-order valence-electron chi connectivity index (χ3n) is 4.23. The fraction of sp³-hybridized carbons (Fsp3) is 0.857. The van der Waals surface area contributed by atoms with Crippen LogP contribution in [0.15, 0.2) is 0 Å². The number of aliphatic carboxylic acids is 1. The number of carbonyl (C=O) groups is 2. The largest absolute Gasteiger partial charge is 0.481 e. The van der Waals surface area contributed by atoms with Crippen LogP contribution in [0.2, 0.25) is 0 Å². The Morgan fingerprint density at radius 2 is 2.05 bits per heavy atom. The van der Waals surface area contributed by atoms with Crippen LogP contribution in [0, 0.1) is 5.41 Å². The van der Waals surface area contributed by atoms with E-state index in [0.29, 0.717) is 19.4 Å². The van der Waals surface area contributed by atoms with Crippen LogP contribution in [-0.2, 0) is 9.53 Å². The van der Waals surface area contributed by atoms with Gasteiger partial charge in [0, 0.05) is 26.7 Å². The lowest BCUT2D eigenvalue weighted by Crippen LogP contribution is -2.47. The highest BCUT2D eigenvalue weighted by molar-refractivity contribution is 5.78. The Balaban J connectivity index is 2.46. The number of carboxylic acids is 1. The molecule has 0 spiro atoms. The van der Waals surface area contributed by atoms with Gasteiger partial charge in [0.2, 0.25) is 0 Å². The lowest BCUT2D eigenvalue weighted by molar-refractivity contribution is -0.149. The molecule has 0 saturated carbocycles. The standard InChI is InChI=1S/C14H26N2O4/c1-4-14(5-2,12(17)18)10-15-13(19)16(3)9-11-7-6-8-20-11/h11H,4-10H2,1-3H3,(H,15,19)(H,17,18). The molecule has 2 amide bonds. The molecule has 0 aromatic rings. The minimum absolute atomic E-state index is 0.104. The molecule has 1 unspecified atom stereocenters. The second kappa shape index (κ2) is 7.47. The van der Waals surface area contributed by atoms with Crippen molar-refractivity contribution in [3.05, 3.63) is 0 Å². The first kappa shape index (κ1) is 16.8. The Hall–Kier alpha value is -1.30. The predicted octanol–water partition coefficient (Wildman–Crippen LogP) is 1.70. The molecule has 1 aliphatic heterocycles. The van der Waals surface area contributed by atoms with E-state index in [1.807, 2.05) is 13.8 Å². The molecule has 1 aliphatic rings. The fourth-order valence-electron chi connectivity index (χ4n) is 2.43. The van der Waals surface area contributed by atoms with Crippen LogP contribution in [0.25, 0.3) is 0 Å². The van der Waals surface area contributed by atoms with Gasteiger partial charge in [0.15, 0.2) is 0 Å². The van der Waals surface area contributed by atoms with Crippen LogP contribution in [0.5, 0.6) is 0 Å². The lowest BCUT2D eigenvalue weighted by Gasteiger charge is -2.28. The smallest absolute Gasteiger partial charge is 0.317 e. The first-order chi connectivity index (χ1) is 9.45. The first-order valence-electron chi connectivity index (χ1n) is 7.29. The van der Waals surface area contributed by atoms with Gasteiger partial charge >= 0.3 is 12.0 Å². The predicted molar refractivity (Wildman–Crippen MR) is 75.7 cm³/mol. The molecule has 6 nitrogen and oxygen atoms in total. The van der Waals surface area contributed by atoms with Gasteiger partial charge in [-0.1, -0.05) is 13.8 Å². The molecular weight excluding hydrogens is 260 g/mol. The SMILES string of the molecule is CCC(CC)(CNC(=O)N(C)CC1CCCO1)C(=O)O. The lowest BCUT2D eigenvalue weighted by atomic mass is 9.82. The van der Waals surface area contributed by atoms with Crippen molar-refractivity contribution in [2.45, 2.75) is 45.6 Å². The Morgan fingerprint density at radius 1 is 1.40 bits per heavy atom. The van der Waals surface area contributed by atoms with Gasteiger partial charge in [-0.25, -0.2) is 4.79 Å². The van der Waals surface area contributed by atoms with Gasteiger partial charge in [0.05, 0.1) is 11.5 Å². The molecule has 116 valence electrons. The highest BCUT2D eigenvalue weighted by Crippen LogP contribution is 2.25. The third-order valence-corrected chi connectivity index (χ3v) is 4.23. The quantitative estimate of drug-likeness (QED) is 0.746. The molecule has 1 atom stereocenters. The molecule has 0 aromatic carbocycles. The molecule has 0 bridgehead atoms. The molecule has 1 rings (SSSR count). The van der Waals surface area contributed by atoms with Gasteiger partial charge in [-0.2, -0.15) is 0 Å². The van der Waals surface area contributed by atoms with Crippen molar-refractivity contribution in [2.24, 2.45) is 5.41 Å². The maximum absolute atomic E-state index is 12.0. The third kappa shape index (κ3) is 4.10. The number of amides is 2. The summed E-state index contributed by atoms with van der Waals surface area (Å²) in [6.45, 7) is 5.13. The summed E-state index contributed by atoms with van der Waals surface area (Å²) in [6, 6.07) is -0.243. The summed E-state index contributed by atoms with van der Waals surface area (Å²) in [4.78, 5) is 24.9. The van der Waals surface area contributed by atoms with Crippen molar-refractivity contribution in [1.82, 2.24) is 10.2 Å². The average molecular weight is 286 g/mol. The second-order valence-corrected chi connectivity index (χ2v) is 5.47. The first-order valence-corrected chi connectivity index (χ1v) is 7.29. The van der Waals surface area contributed by atoms with E-state index < -0.39 is 11.4 Å². The van der Waals surface area contributed by atoms with E-state index >= 15 is 0 Å². The summed E-state index contributed by atoms with van der Waals surface area (Å²) >= 11 is 0. The molecular formula is C14H26N2O4. The molecule has 6 heteroatoms. The maximum Gasteiger partial charge on any atom is 0.317 e. The van der Waals surface area contributed by atoms with Crippen LogP contribution in [0.4, 0.5) is 4.79 Å². The van der Waals surface area contributed by atoms with Crippen LogP contribution in [0.3, 0.4) is 0 Å². The van der Waals surface area contributed by atoms with E-state index in [1.54, 1.807) is 11.9 Å². The summed E-state index contributed by atoms with van der Waals surface area (Å²) in [5, 5.41) is 12.1. The Kier molecular flexibility index (Phi) is 6.26. The van der Waals surface area contributed by atoms with Crippen molar-refractivity contribution >= 4 is 12.0 Å². The van der Waals surface area contributed by atoms with E-state index in [-0.39, 0.29) is 18.7 Å². The monoisotopic (exact) mass is 286 g/mol. The Bertz CT molecular complexity index is 336. The second-order valence-electron chi connectivity index (χ2n) is 5.47. The van der Waals surface area contributed by atoms with Gasteiger partial charge in [-0.05, 0) is 25.7 Å². The number of nitrogens with zero attached hydrogens (tertiary/aromatic N) is 1. The van der Waals surface area contributed by atoms with E-state index in [2.05, 4.69) is 5.32 Å². The number of urea groups is 1. The summed E-state index contributed by atoms with van der Waals surface area (Å²) < 4.78 is 5.48. The van der Waals surface area contributed by atoms with Crippen molar-refractivity contribution in [3.63, 3.8) is 0 Å². The van der Waals surface area contributed by atoms with Gasteiger partial charge < -0.3 is 20.1 Å². The summed E-state index contributed by atoms with van der Waals surface area (Å²) in [5.41, 5.74) is -0.875. The summed E-state index contributed by atoms with van der Waals surface area (Å²) in [7, 11) is 1.71. The molecule has 2 N–H and O–H groups in total. The van der Waals surface area contributed by atoms with Crippen molar-refractivity contribution in [1.29, 1.82) is 0 Å². The van der Waals surface area contributed by atoms with Crippen LogP contribution in [-0.4, -0.2) is 54.9 Å². The zero-order valence-corrected chi connectivity index (χ0v) is 12.6. The van der Waals surface area contributed by atoms with Gasteiger partial charge in [-0.3, -0.25) is 4.79 Å². The van der Waals surface area contributed by atoms with Crippen LogP contribution < -0.4 is 5.32 Å². The van der Waals surface area contributed by atoms with E-state index in [9.17, 15) is 14.7 Å². The molecule has 1 heterocycles. The molecule has 0 aromatic heterocycles. The topological polar surface area (TPSA) is 78.9 Å². The maximum atomic E-state index is 12.0. The van der Waals surface area contributed by atoms with Gasteiger partial charge in [0.1, 0.15) is 0 Å². The van der Waals surface area contributed by atoms with Gasteiger partial charge in [0.25, 0.3) is 0 Å². The van der Waals surface area contributed by atoms with Crippen molar-refractivity contribution < 1.29 is 19.4 Å². The molecule has 0 aliphatic carbocycles. The van der Waals surface area contributed by atoms with Gasteiger partial charge in [-0.15, -0.1) is 0 Å². The summed E-state index contributed by atoms with van der Waals surface area (Å²) in [6.07, 6.45) is 3.10. The fourth-order valence-corrected chi connectivity index (χ4v) is 2.43. The minimum Gasteiger partial charge on any atom is -0.481 e. The number of carbonyl (C=O) groups excluding carboxylic acids is 1. The minimum atomic E-state index is -0.875. The highest BCUT2D eigenvalue weighted by Gasteiger charge is 2.35.